The number of primary sulfonamides is 1. The van der Waals surface area contributed by atoms with E-state index in [0.717, 1.165) is 0 Å². The van der Waals surface area contributed by atoms with Crippen LogP contribution in [0.5, 0.6) is 0 Å². The average Bonchev–Trinajstić information content (AvgIpc) is 1.97. The Balaban J connectivity index is 2.88. The SMILES string of the molecule is NS(=O)(=O)CC1C=C[CH]([Sb-]([Cl])([Cl])([Cl])([Cl])[Cl])C=C1. The number of hydrogen-bond donors (Lipinski definition) is 1. The Bertz CT molecular complexity index is 466. The van der Waals surface area contributed by atoms with Crippen molar-refractivity contribution in [2.45, 2.75) is 3.86 Å². The van der Waals surface area contributed by atoms with Gasteiger partial charge in [-0.05, 0) is 0 Å². The van der Waals surface area contributed by atoms with Crippen molar-refractivity contribution in [1.29, 1.82) is 0 Å². The molecule has 2 N–H and O–H groups in total. The number of allylic oxidation sites excluding steroid dienone is 4. The molecular formula is C7H10Cl5NO2SSb-. The Hall–Kier alpha value is 1.66. The molecule has 0 radical (unpaired) electrons. The molecule has 0 saturated heterocycles. The van der Waals surface area contributed by atoms with Crippen molar-refractivity contribution < 1.29 is 8.42 Å². The van der Waals surface area contributed by atoms with E-state index in [1.165, 1.54) is 12.2 Å². The molecular weight excluding hydrogens is 461 g/mol. The van der Waals surface area contributed by atoms with Crippen LogP contribution in [0.2, 0.25) is 3.86 Å². The Morgan fingerprint density at radius 2 is 1.41 bits per heavy atom. The molecule has 102 valence electrons. The number of halogens is 5. The molecule has 0 amide bonds. The van der Waals surface area contributed by atoms with Crippen LogP contribution in [0, 0.1) is 5.92 Å². The first-order chi connectivity index (χ1) is 7.17. The average molecular weight is 471 g/mol. The Morgan fingerprint density at radius 1 is 1.00 bits per heavy atom. The number of rotatable bonds is 3. The number of hydrogen-bond acceptors (Lipinski definition) is 2. The molecule has 0 aliphatic heterocycles. The molecule has 0 unspecified atom stereocenters. The topological polar surface area (TPSA) is 60.2 Å². The zero-order valence-corrected chi connectivity index (χ0v) is 15.5. The predicted molar refractivity (Wildman–Crippen MR) is 78.5 cm³/mol. The van der Waals surface area contributed by atoms with Gasteiger partial charge < -0.3 is 0 Å². The molecule has 0 aromatic carbocycles. The van der Waals surface area contributed by atoms with E-state index in [-0.39, 0.29) is 11.7 Å². The zero-order valence-electron chi connectivity index (χ0n) is 8.31. The van der Waals surface area contributed by atoms with Gasteiger partial charge in [-0.15, -0.1) is 0 Å². The van der Waals surface area contributed by atoms with Gasteiger partial charge in [-0.2, -0.15) is 0 Å². The van der Waals surface area contributed by atoms with Gasteiger partial charge in [-0.1, -0.05) is 0 Å². The van der Waals surface area contributed by atoms with Gasteiger partial charge in [0.05, 0.1) is 0 Å². The van der Waals surface area contributed by atoms with Crippen molar-refractivity contribution in [2.24, 2.45) is 11.1 Å². The number of nitrogens with two attached hydrogens (primary N) is 1. The summed E-state index contributed by atoms with van der Waals surface area (Å²) in [7, 11) is 20.4. The van der Waals surface area contributed by atoms with Crippen molar-refractivity contribution in [3.05, 3.63) is 24.3 Å². The van der Waals surface area contributed by atoms with Gasteiger partial charge in [0.2, 0.25) is 0 Å². The standard InChI is InChI=1S/C7H10NO2S.5ClH.Sb/c8-11(9,10)6-7-4-2-1-3-5-7;;;;;;/h1-5,7H,6H2,(H2,8,9,10);5*1H;/q;;;;;;+4/p-5. The summed E-state index contributed by atoms with van der Waals surface area (Å²) in [5, 5.41) is 4.93. The van der Waals surface area contributed by atoms with Gasteiger partial charge in [0.25, 0.3) is 0 Å². The normalized spacial score (nSPS) is 29.8. The summed E-state index contributed by atoms with van der Waals surface area (Å²) in [6.07, 6.45) is 6.16. The van der Waals surface area contributed by atoms with Crippen LogP contribution in [-0.2, 0) is 10.0 Å². The van der Waals surface area contributed by atoms with Gasteiger partial charge >= 0.3 is 118 Å². The van der Waals surface area contributed by atoms with E-state index in [1.54, 1.807) is 12.2 Å². The van der Waals surface area contributed by atoms with E-state index >= 15 is 0 Å². The van der Waals surface area contributed by atoms with Crippen molar-refractivity contribution >= 4 is 64.5 Å². The molecule has 1 aliphatic rings. The first-order valence-electron chi connectivity index (χ1n) is 4.37. The summed E-state index contributed by atoms with van der Waals surface area (Å²) in [4.78, 5) is 0. The fraction of sp³-hybridized carbons (Fsp3) is 0.429. The second kappa shape index (κ2) is 4.33. The Kier molecular flexibility index (Phi) is 4.25. The Morgan fingerprint density at radius 3 is 1.71 bits per heavy atom. The molecule has 3 nitrogen and oxygen atoms in total. The second-order valence-electron chi connectivity index (χ2n) is 3.88. The van der Waals surface area contributed by atoms with Crippen molar-refractivity contribution in [3.63, 3.8) is 0 Å². The summed E-state index contributed by atoms with van der Waals surface area (Å²) in [6.45, 7) is 0. The molecule has 0 fully saturated rings. The third-order valence-electron chi connectivity index (χ3n) is 2.10. The molecule has 0 atom stereocenters. The molecule has 0 saturated carbocycles. The monoisotopic (exact) mass is 468 g/mol. The first kappa shape index (κ1) is 16.7. The summed E-state index contributed by atoms with van der Waals surface area (Å²) < 4.78 is 21.1. The van der Waals surface area contributed by atoms with Crippen LogP contribution >= 0.6 is 44.1 Å². The molecule has 1 aliphatic carbocycles. The van der Waals surface area contributed by atoms with Crippen LogP contribution in [0.3, 0.4) is 0 Å². The third-order valence-corrected chi connectivity index (χ3v) is 14.7. The third kappa shape index (κ3) is 6.09. The number of sulfonamides is 1. The zero-order chi connectivity index (χ0) is 13.6. The molecule has 10 heteroatoms. The van der Waals surface area contributed by atoms with Gasteiger partial charge in [-0.25, -0.2) is 0 Å². The van der Waals surface area contributed by atoms with E-state index in [1.807, 2.05) is 0 Å². The van der Waals surface area contributed by atoms with Crippen LogP contribution in [0.1, 0.15) is 0 Å². The molecule has 0 heterocycles. The van der Waals surface area contributed by atoms with Crippen LogP contribution < -0.4 is 5.14 Å². The predicted octanol–water partition coefficient (Wildman–Crippen LogP) is 3.42. The van der Waals surface area contributed by atoms with Crippen LogP contribution in [0.15, 0.2) is 24.3 Å². The van der Waals surface area contributed by atoms with E-state index < -0.39 is 24.2 Å². The van der Waals surface area contributed by atoms with Gasteiger partial charge in [-0.3, -0.25) is 0 Å². The molecule has 0 aromatic heterocycles. The maximum atomic E-state index is 10.9. The minimum absolute atomic E-state index is 0.213. The molecule has 0 spiro atoms. The Labute approximate surface area is 116 Å². The van der Waals surface area contributed by atoms with Crippen molar-refractivity contribution in [2.75, 3.05) is 5.75 Å². The van der Waals surface area contributed by atoms with Gasteiger partial charge in [0.15, 0.2) is 0 Å². The van der Waals surface area contributed by atoms with Crippen molar-refractivity contribution in [1.82, 2.24) is 0 Å². The van der Waals surface area contributed by atoms with E-state index in [2.05, 4.69) is 0 Å². The van der Waals surface area contributed by atoms with Crippen molar-refractivity contribution in [3.8, 4) is 0 Å². The molecule has 0 bridgehead atoms. The van der Waals surface area contributed by atoms with Gasteiger partial charge in [0, 0.05) is 0 Å². The molecule has 0 aromatic rings. The summed E-state index contributed by atoms with van der Waals surface area (Å²) in [5.41, 5.74) is 0. The quantitative estimate of drug-likeness (QED) is 0.507. The summed E-state index contributed by atoms with van der Waals surface area (Å²) >= 11 is 0. The molecule has 1 rings (SSSR count). The van der Waals surface area contributed by atoms with E-state index in [0.29, 0.717) is 0 Å². The van der Waals surface area contributed by atoms with E-state index in [4.69, 9.17) is 49.3 Å². The van der Waals surface area contributed by atoms with E-state index in [9.17, 15) is 8.42 Å². The molecule has 17 heavy (non-hydrogen) atoms. The fourth-order valence-corrected chi connectivity index (χ4v) is 8.89. The fourth-order valence-electron chi connectivity index (χ4n) is 1.35. The van der Waals surface area contributed by atoms with Gasteiger partial charge in [0.1, 0.15) is 0 Å². The van der Waals surface area contributed by atoms with Crippen LogP contribution in [0.25, 0.3) is 0 Å². The van der Waals surface area contributed by atoms with Crippen LogP contribution in [-0.4, -0.2) is 24.5 Å². The first-order valence-corrected chi connectivity index (χ1v) is 23.7. The maximum absolute atomic E-state index is 10.9. The summed E-state index contributed by atoms with van der Waals surface area (Å²) in [5.74, 6) is -0.576. The summed E-state index contributed by atoms with van der Waals surface area (Å²) in [6, 6.07) is 0. The van der Waals surface area contributed by atoms with Crippen LogP contribution in [0.4, 0.5) is 0 Å². The second-order valence-corrected chi connectivity index (χ2v) is 54.5. The minimum atomic E-state index is -5.67.